The zero-order valence-corrected chi connectivity index (χ0v) is 14.5. The molecule has 1 saturated heterocycles. The molecule has 0 unspecified atom stereocenters. The van der Waals surface area contributed by atoms with Crippen molar-refractivity contribution in [1.29, 1.82) is 0 Å². The van der Waals surface area contributed by atoms with Gasteiger partial charge in [0.25, 0.3) is 5.91 Å². The molecule has 2 aromatic rings. The van der Waals surface area contributed by atoms with E-state index in [0.29, 0.717) is 31.5 Å². The van der Waals surface area contributed by atoms with Crippen molar-refractivity contribution in [1.82, 2.24) is 19.7 Å². The van der Waals surface area contributed by atoms with Crippen molar-refractivity contribution < 1.29 is 14.7 Å². The second-order valence-electron chi connectivity index (χ2n) is 6.55. The number of carbonyl (C=O) groups is 2. The van der Waals surface area contributed by atoms with Crippen LogP contribution in [-0.2, 0) is 18.3 Å². The predicted octanol–water partition coefficient (Wildman–Crippen LogP) is 1.82. The van der Waals surface area contributed by atoms with Gasteiger partial charge in [0, 0.05) is 31.7 Å². The first-order valence-electron chi connectivity index (χ1n) is 8.39. The number of pyridine rings is 1. The first-order chi connectivity index (χ1) is 11.9. The van der Waals surface area contributed by atoms with Gasteiger partial charge < -0.3 is 10.0 Å². The van der Waals surface area contributed by atoms with E-state index in [4.69, 9.17) is 0 Å². The number of carbonyl (C=O) groups excluding carboxylic acids is 1. The van der Waals surface area contributed by atoms with Crippen LogP contribution in [0.4, 0.5) is 0 Å². The molecular weight excluding hydrogens is 320 g/mol. The molecule has 1 fully saturated rings. The Labute approximate surface area is 146 Å². The highest BCUT2D eigenvalue weighted by atomic mass is 16.4. The Morgan fingerprint density at radius 1 is 1.40 bits per heavy atom. The molecule has 132 valence electrons. The molecule has 1 aliphatic rings. The van der Waals surface area contributed by atoms with Gasteiger partial charge in [0.1, 0.15) is 5.54 Å². The summed E-state index contributed by atoms with van der Waals surface area (Å²) in [6.07, 6.45) is 5.83. The van der Waals surface area contributed by atoms with E-state index in [2.05, 4.69) is 10.1 Å². The van der Waals surface area contributed by atoms with Crippen LogP contribution in [0, 0.1) is 6.92 Å². The van der Waals surface area contributed by atoms with Gasteiger partial charge >= 0.3 is 5.97 Å². The van der Waals surface area contributed by atoms with Gasteiger partial charge in [-0.15, -0.1) is 0 Å². The summed E-state index contributed by atoms with van der Waals surface area (Å²) in [5.74, 6) is -1.25. The van der Waals surface area contributed by atoms with E-state index in [1.165, 1.54) is 4.90 Å². The number of aliphatic carboxylic acids is 1. The minimum atomic E-state index is -1.12. The number of hydrogen-bond donors (Lipinski definition) is 1. The fourth-order valence-corrected chi connectivity index (χ4v) is 3.31. The third kappa shape index (κ3) is 3.14. The maximum absolute atomic E-state index is 12.7. The Morgan fingerprint density at radius 2 is 2.20 bits per heavy atom. The minimum Gasteiger partial charge on any atom is -0.479 e. The van der Waals surface area contributed by atoms with Gasteiger partial charge in [-0.3, -0.25) is 14.5 Å². The van der Waals surface area contributed by atoms with Crippen LogP contribution in [-0.4, -0.2) is 48.7 Å². The van der Waals surface area contributed by atoms with E-state index in [1.807, 2.05) is 19.1 Å². The molecule has 3 rings (SSSR count). The van der Waals surface area contributed by atoms with Crippen molar-refractivity contribution in [2.75, 3.05) is 6.54 Å². The average molecular weight is 342 g/mol. The van der Waals surface area contributed by atoms with Crippen LogP contribution in [0.15, 0.2) is 30.6 Å². The van der Waals surface area contributed by atoms with E-state index in [9.17, 15) is 14.7 Å². The fraction of sp³-hybridized carbons (Fsp3) is 0.444. The summed E-state index contributed by atoms with van der Waals surface area (Å²) >= 11 is 0. The summed E-state index contributed by atoms with van der Waals surface area (Å²) in [7, 11) is 1.76. The van der Waals surface area contributed by atoms with Crippen LogP contribution in [0.3, 0.4) is 0 Å². The number of likely N-dealkylation sites (tertiary alicyclic amines) is 1. The van der Waals surface area contributed by atoms with Crippen LogP contribution < -0.4 is 0 Å². The van der Waals surface area contributed by atoms with Crippen LogP contribution >= 0.6 is 0 Å². The molecule has 2 aromatic heterocycles. The van der Waals surface area contributed by atoms with Crippen molar-refractivity contribution in [3.8, 4) is 0 Å². The Bertz CT molecular complexity index is 767. The quantitative estimate of drug-likeness (QED) is 0.865. The number of amides is 1. The van der Waals surface area contributed by atoms with E-state index in [-0.39, 0.29) is 5.91 Å². The van der Waals surface area contributed by atoms with E-state index < -0.39 is 11.5 Å². The molecule has 0 radical (unpaired) electrons. The minimum absolute atomic E-state index is 0.303. The average Bonchev–Trinajstić information content (AvgIpc) is 2.90. The Balaban J connectivity index is 1.71. The molecule has 1 N–H and O–H groups in total. The molecule has 25 heavy (non-hydrogen) atoms. The van der Waals surface area contributed by atoms with Crippen LogP contribution in [0.5, 0.6) is 0 Å². The molecule has 1 atom stereocenters. The zero-order valence-electron chi connectivity index (χ0n) is 14.5. The number of nitrogens with zero attached hydrogens (tertiary/aromatic N) is 4. The molecule has 0 spiro atoms. The highest BCUT2D eigenvalue weighted by Gasteiger charge is 2.53. The number of carboxylic acid groups (broad SMARTS) is 1. The number of aromatic nitrogens is 3. The smallest absolute Gasteiger partial charge is 0.329 e. The molecule has 0 bridgehead atoms. The van der Waals surface area contributed by atoms with Crippen LogP contribution in [0.25, 0.3) is 0 Å². The first kappa shape index (κ1) is 17.1. The predicted molar refractivity (Wildman–Crippen MR) is 91.1 cm³/mol. The van der Waals surface area contributed by atoms with Gasteiger partial charge in [-0.2, -0.15) is 5.10 Å². The number of hydrogen-bond acceptors (Lipinski definition) is 4. The summed E-state index contributed by atoms with van der Waals surface area (Å²) in [5, 5.41) is 14.0. The normalized spacial score (nSPS) is 19.5. The first-order valence-corrected chi connectivity index (χ1v) is 8.39. The van der Waals surface area contributed by atoms with Crippen molar-refractivity contribution in [3.63, 3.8) is 0 Å². The van der Waals surface area contributed by atoms with Gasteiger partial charge in [-0.25, -0.2) is 4.79 Å². The fourth-order valence-electron chi connectivity index (χ4n) is 3.31. The summed E-state index contributed by atoms with van der Waals surface area (Å²) in [6.45, 7) is 2.31. The monoisotopic (exact) mass is 342 g/mol. The molecule has 7 nitrogen and oxygen atoms in total. The Morgan fingerprint density at radius 3 is 2.72 bits per heavy atom. The Kier molecular flexibility index (Phi) is 4.57. The maximum atomic E-state index is 12.7. The van der Waals surface area contributed by atoms with Gasteiger partial charge in [0.15, 0.2) is 5.69 Å². The highest BCUT2D eigenvalue weighted by molar-refractivity contribution is 5.97. The molecule has 0 saturated carbocycles. The third-order valence-electron chi connectivity index (χ3n) is 5.02. The van der Waals surface area contributed by atoms with Gasteiger partial charge in [-0.1, -0.05) is 6.07 Å². The van der Waals surface area contributed by atoms with E-state index in [0.717, 1.165) is 17.7 Å². The van der Waals surface area contributed by atoms with Gasteiger partial charge in [0.2, 0.25) is 0 Å². The molecular formula is C18H22N4O3. The number of rotatable bonds is 6. The number of carboxylic acids is 1. The third-order valence-corrected chi connectivity index (χ3v) is 5.02. The lowest BCUT2D eigenvalue weighted by Crippen LogP contribution is -2.66. The lowest BCUT2D eigenvalue weighted by molar-refractivity contribution is -0.158. The van der Waals surface area contributed by atoms with Crippen molar-refractivity contribution in [2.24, 2.45) is 7.05 Å². The van der Waals surface area contributed by atoms with Crippen molar-refractivity contribution in [3.05, 3.63) is 47.5 Å². The van der Waals surface area contributed by atoms with Gasteiger partial charge in [-0.05, 0) is 50.3 Å². The molecule has 1 amide bonds. The molecule has 0 aliphatic carbocycles. The van der Waals surface area contributed by atoms with E-state index >= 15 is 0 Å². The van der Waals surface area contributed by atoms with E-state index in [1.54, 1.807) is 30.2 Å². The maximum Gasteiger partial charge on any atom is 0.329 e. The molecule has 7 heteroatoms. The van der Waals surface area contributed by atoms with Crippen molar-refractivity contribution in [2.45, 2.75) is 38.1 Å². The van der Waals surface area contributed by atoms with Crippen LogP contribution in [0.1, 0.15) is 41.0 Å². The zero-order chi connectivity index (χ0) is 18.0. The number of aryl methyl sites for hydroxylation is 3. The summed E-state index contributed by atoms with van der Waals surface area (Å²) < 4.78 is 1.62. The molecule has 0 aromatic carbocycles. The van der Waals surface area contributed by atoms with Crippen LogP contribution in [0.2, 0.25) is 0 Å². The molecule has 3 heterocycles. The SMILES string of the molecule is Cc1cc(C(=O)N2CC[C@@]2(CCCc2cccnc2)C(=O)O)nn1C. The summed E-state index contributed by atoms with van der Waals surface area (Å²) in [4.78, 5) is 30.2. The summed E-state index contributed by atoms with van der Waals surface area (Å²) in [6, 6.07) is 5.54. The second kappa shape index (κ2) is 6.66. The lowest BCUT2D eigenvalue weighted by atomic mass is 9.79. The molecule has 1 aliphatic heterocycles. The van der Waals surface area contributed by atoms with Gasteiger partial charge in [0.05, 0.1) is 0 Å². The topological polar surface area (TPSA) is 88.3 Å². The lowest BCUT2D eigenvalue weighted by Gasteiger charge is -2.49. The standard InChI is InChI=1S/C18H22N4O3/c1-13-11-15(20-21(13)2)16(23)22-10-8-18(22,17(24)25)7-3-5-14-6-4-9-19-12-14/h4,6,9,11-12H,3,5,7-8,10H2,1-2H3,(H,24,25)/t18-/m0/s1. The second-order valence-corrected chi connectivity index (χ2v) is 6.55. The largest absolute Gasteiger partial charge is 0.479 e. The highest BCUT2D eigenvalue weighted by Crippen LogP contribution is 2.37. The summed E-state index contributed by atoms with van der Waals surface area (Å²) in [5.41, 5.74) is 1.12. The Hall–Kier alpha value is -2.70. The van der Waals surface area contributed by atoms with Crippen molar-refractivity contribution >= 4 is 11.9 Å².